The molecule has 0 spiro atoms. The molecule has 2 aromatic carbocycles. The molecule has 0 bridgehead atoms. The Bertz CT molecular complexity index is 988. The van der Waals surface area contributed by atoms with Crippen LogP contribution in [0.4, 0.5) is 17.2 Å². The summed E-state index contributed by atoms with van der Waals surface area (Å²) >= 11 is 0. The van der Waals surface area contributed by atoms with Gasteiger partial charge in [-0.25, -0.2) is 14.8 Å². The molecule has 0 aliphatic heterocycles. The van der Waals surface area contributed by atoms with Gasteiger partial charge in [0.05, 0.1) is 37.4 Å². The average Bonchev–Trinajstić information content (AvgIpc) is 2.75. The highest BCUT2D eigenvalue weighted by atomic mass is 16.5. The lowest BCUT2D eigenvalue weighted by Crippen LogP contribution is -2.14. The third-order valence-electron chi connectivity index (χ3n) is 3.91. The molecule has 0 fully saturated rings. The Morgan fingerprint density at radius 2 is 1.76 bits per heavy atom. The number of amides is 1. The fraction of sp³-hybridized carbons (Fsp3) is 0.143. The Morgan fingerprint density at radius 1 is 1.00 bits per heavy atom. The van der Waals surface area contributed by atoms with Crippen molar-refractivity contribution in [3.05, 3.63) is 72.2 Å². The molecule has 3 rings (SSSR count). The summed E-state index contributed by atoms with van der Waals surface area (Å²) in [4.78, 5) is 32.4. The standard InChI is InChI=1S/C21H20N4O4/c1-3-29-21(27)14-8-10-15(11-9-14)24-19-13-22-17(12-23-19)20(26)25-16-6-4-5-7-18(16)28-2/h4-13H,3H2,1-2H3,(H,23,24)(H,25,26). The van der Waals surface area contributed by atoms with Crippen LogP contribution in [0.5, 0.6) is 5.75 Å². The summed E-state index contributed by atoms with van der Waals surface area (Å²) in [6.07, 6.45) is 2.83. The van der Waals surface area contributed by atoms with Crippen molar-refractivity contribution >= 4 is 29.1 Å². The van der Waals surface area contributed by atoms with E-state index in [2.05, 4.69) is 20.6 Å². The summed E-state index contributed by atoms with van der Waals surface area (Å²) in [6, 6.07) is 13.9. The van der Waals surface area contributed by atoms with Crippen molar-refractivity contribution in [1.29, 1.82) is 0 Å². The van der Waals surface area contributed by atoms with Crippen molar-refractivity contribution in [1.82, 2.24) is 9.97 Å². The number of aromatic nitrogens is 2. The van der Waals surface area contributed by atoms with Gasteiger partial charge < -0.3 is 20.1 Å². The van der Waals surface area contributed by atoms with Crippen LogP contribution in [0.3, 0.4) is 0 Å². The number of nitrogens with one attached hydrogen (secondary N) is 2. The van der Waals surface area contributed by atoms with Gasteiger partial charge in [0.25, 0.3) is 5.91 Å². The first-order chi connectivity index (χ1) is 14.1. The molecule has 0 aliphatic carbocycles. The quantitative estimate of drug-likeness (QED) is 0.592. The molecule has 29 heavy (non-hydrogen) atoms. The second kappa shape index (κ2) is 9.32. The first kappa shape index (κ1) is 19.8. The molecule has 1 heterocycles. The maximum atomic E-state index is 12.4. The number of para-hydroxylation sites is 2. The van der Waals surface area contributed by atoms with Gasteiger partial charge in [-0.3, -0.25) is 4.79 Å². The third-order valence-corrected chi connectivity index (χ3v) is 3.91. The number of hydrogen-bond donors (Lipinski definition) is 2. The number of benzene rings is 2. The molecule has 3 aromatic rings. The highest BCUT2D eigenvalue weighted by Crippen LogP contribution is 2.23. The maximum absolute atomic E-state index is 12.4. The summed E-state index contributed by atoms with van der Waals surface area (Å²) in [5.74, 6) is 0.248. The molecule has 0 atom stereocenters. The average molecular weight is 392 g/mol. The summed E-state index contributed by atoms with van der Waals surface area (Å²) in [7, 11) is 1.53. The van der Waals surface area contributed by atoms with Crippen molar-refractivity contribution in [3.63, 3.8) is 0 Å². The van der Waals surface area contributed by atoms with E-state index < -0.39 is 5.91 Å². The van der Waals surface area contributed by atoms with Gasteiger partial charge in [0.2, 0.25) is 0 Å². The molecule has 0 radical (unpaired) electrons. The number of nitrogens with zero attached hydrogens (tertiary/aromatic N) is 2. The predicted octanol–water partition coefficient (Wildman–Crippen LogP) is 3.66. The Morgan fingerprint density at radius 3 is 2.41 bits per heavy atom. The van der Waals surface area contributed by atoms with E-state index >= 15 is 0 Å². The monoisotopic (exact) mass is 392 g/mol. The van der Waals surface area contributed by atoms with Crippen LogP contribution in [-0.2, 0) is 4.74 Å². The summed E-state index contributed by atoms with van der Waals surface area (Å²) in [6.45, 7) is 2.08. The van der Waals surface area contributed by atoms with E-state index in [9.17, 15) is 9.59 Å². The fourth-order valence-corrected chi connectivity index (χ4v) is 2.50. The van der Waals surface area contributed by atoms with Crippen LogP contribution in [0, 0.1) is 0 Å². The maximum Gasteiger partial charge on any atom is 0.338 e. The summed E-state index contributed by atoms with van der Waals surface area (Å²) < 4.78 is 10.2. The minimum Gasteiger partial charge on any atom is -0.495 e. The molecule has 0 unspecified atom stereocenters. The van der Waals surface area contributed by atoms with Gasteiger partial charge in [-0.15, -0.1) is 0 Å². The minimum atomic E-state index is -0.396. The third kappa shape index (κ3) is 5.07. The molecule has 8 nitrogen and oxygen atoms in total. The number of methoxy groups -OCH3 is 1. The Labute approximate surface area is 167 Å². The van der Waals surface area contributed by atoms with Gasteiger partial charge in [-0.05, 0) is 43.3 Å². The van der Waals surface area contributed by atoms with Gasteiger partial charge in [0.15, 0.2) is 0 Å². The zero-order valence-corrected chi connectivity index (χ0v) is 16.0. The van der Waals surface area contributed by atoms with Gasteiger partial charge in [0, 0.05) is 5.69 Å². The second-order valence-electron chi connectivity index (χ2n) is 5.86. The van der Waals surface area contributed by atoms with Crippen LogP contribution in [-0.4, -0.2) is 35.6 Å². The Balaban J connectivity index is 1.64. The van der Waals surface area contributed by atoms with Crippen LogP contribution < -0.4 is 15.4 Å². The Kier molecular flexibility index (Phi) is 6.36. The highest BCUT2D eigenvalue weighted by molar-refractivity contribution is 6.03. The molecular weight excluding hydrogens is 372 g/mol. The topological polar surface area (TPSA) is 102 Å². The number of esters is 1. The first-order valence-corrected chi connectivity index (χ1v) is 8.91. The zero-order valence-electron chi connectivity index (χ0n) is 16.0. The van der Waals surface area contributed by atoms with Crippen molar-refractivity contribution in [2.75, 3.05) is 24.4 Å². The van der Waals surface area contributed by atoms with Crippen LogP contribution in [0.2, 0.25) is 0 Å². The van der Waals surface area contributed by atoms with Crippen molar-refractivity contribution in [3.8, 4) is 5.75 Å². The lowest BCUT2D eigenvalue weighted by Gasteiger charge is -2.10. The lowest BCUT2D eigenvalue weighted by molar-refractivity contribution is 0.0526. The SMILES string of the molecule is CCOC(=O)c1ccc(Nc2cnc(C(=O)Nc3ccccc3OC)cn2)cc1. The lowest BCUT2D eigenvalue weighted by atomic mass is 10.2. The fourth-order valence-electron chi connectivity index (χ4n) is 2.50. The number of anilines is 3. The summed E-state index contributed by atoms with van der Waals surface area (Å²) in [5.41, 5.74) is 1.90. The van der Waals surface area contributed by atoms with E-state index in [1.165, 1.54) is 19.5 Å². The molecule has 0 saturated heterocycles. The van der Waals surface area contributed by atoms with Crippen LogP contribution in [0.15, 0.2) is 60.9 Å². The van der Waals surface area contributed by atoms with Crippen LogP contribution in [0.25, 0.3) is 0 Å². The van der Waals surface area contributed by atoms with E-state index in [4.69, 9.17) is 9.47 Å². The largest absolute Gasteiger partial charge is 0.495 e. The Hall–Kier alpha value is -3.94. The van der Waals surface area contributed by atoms with E-state index in [-0.39, 0.29) is 11.7 Å². The number of carbonyl (C=O) groups is 2. The molecule has 0 saturated carbocycles. The van der Waals surface area contributed by atoms with Gasteiger partial charge in [-0.2, -0.15) is 0 Å². The summed E-state index contributed by atoms with van der Waals surface area (Å²) in [5, 5.41) is 5.80. The normalized spacial score (nSPS) is 10.1. The van der Waals surface area contributed by atoms with E-state index in [0.717, 1.165) is 5.69 Å². The van der Waals surface area contributed by atoms with E-state index in [1.807, 2.05) is 6.07 Å². The molecule has 1 amide bonds. The van der Waals surface area contributed by atoms with Gasteiger partial charge in [-0.1, -0.05) is 12.1 Å². The predicted molar refractivity (Wildman–Crippen MR) is 109 cm³/mol. The molecule has 1 aromatic heterocycles. The highest BCUT2D eigenvalue weighted by Gasteiger charge is 2.11. The smallest absolute Gasteiger partial charge is 0.338 e. The zero-order chi connectivity index (χ0) is 20.6. The second-order valence-corrected chi connectivity index (χ2v) is 5.86. The molecule has 148 valence electrons. The molecule has 0 aliphatic rings. The van der Waals surface area contributed by atoms with Crippen molar-refractivity contribution in [2.45, 2.75) is 6.92 Å². The van der Waals surface area contributed by atoms with E-state index in [1.54, 1.807) is 49.4 Å². The van der Waals surface area contributed by atoms with Crippen molar-refractivity contribution in [2.24, 2.45) is 0 Å². The van der Waals surface area contributed by atoms with Crippen LogP contribution >= 0.6 is 0 Å². The molecule has 8 heteroatoms. The number of rotatable bonds is 7. The number of ether oxygens (including phenoxy) is 2. The van der Waals surface area contributed by atoms with Gasteiger partial charge >= 0.3 is 5.97 Å². The van der Waals surface area contributed by atoms with Crippen molar-refractivity contribution < 1.29 is 19.1 Å². The van der Waals surface area contributed by atoms with E-state index in [0.29, 0.717) is 29.4 Å². The molecular formula is C21H20N4O4. The molecule has 2 N–H and O–H groups in total. The number of hydrogen-bond acceptors (Lipinski definition) is 7. The number of carbonyl (C=O) groups excluding carboxylic acids is 2. The van der Waals surface area contributed by atoms with Crippen LogP contribution in [0.1, 0.15) is 27.8 Å². The first-order valence-electron chi connectivity index (χ1n) is 8.91. The van der Waals surface area contributed by atoms with Gasteiger partial charge in [0.1, 0.15) is 17.3 Å². The minimum absolute atomic E-state index is 0.166.